The Bertz CT molecular complexity index is 1020. The number of benzene rings is 2. The number of nitro benzene ring substituents is 1. The molecular weight excluding hydrogens is 320 g/mol. The number of carbonyl (C=O) groups excluding carboxylic acids is 1. The van der Waals surface area contributed by atoms with E-state index in [0.29, 0.717) is 17.1 Å². The Morgan fingerprint density at radius 2 is 1.76 bits per heavy atom. The average molecular weight is 332 g/mol. The molecule has 0 unspecified atom stereocenters. The van der Waals surface area contributed by atoms with Gasteiger partial charge in [-0.05, 0) is 36.4 Å². The number of furan rings is 1. The highest BCUT2D eigenvalue weighted by Gasteiger charge is 2.23. The van der Waals surface area contributed by atoms with Crippen molar-refractivity contribution in [2.75, 3.05) is 5.32 Å². The first-order chi connectivity index (χ1) is 12.1. The lowest BCUT2D eigenvalue weighted by atomic mass is 10.1. The lowest BCUT2D eigenvalue weighted by molar-refractivity contribution is -0.384. The molecule has 0 saturated heterocycles. The van der Waals surface area contributed by atoms with Gasteiger partial charge in [-0.2, -0.15) is 0 Å². The highest BCUT2D eigenvalue weighted by Crippen LogP contribution is 2.33. The Labute approximate surface area is 142 Å². The first kappa shape index (κ1) is 14.9. The van der Waals surface area contributed by atoms with Crippen LogP contribution in [0.5, 0.6) is 0 Å². The van der Waals surface area contributed by atoms with Gasteiger partial charge in [-0.3, -0.25) is 14.9 Å². The fraction of sp³-hybridized carbons (Fsp3) is 0. The second-order valence-electron chi connectivity index (χ2n) is 5.56. The number of nitrogens with zero attached hydrogens (tertiary/aromatic N) is 1. The summed E-state index contributed by atoms with van der Waals surface area (Å²) in [5.41, 5.74) is 2.91. The van der Waals surface area contributed by atoms with Crippen LogP contribution < -0.4 is 5.32 Å². The number of hydrogen-bond acceptors (Lipinski definition) is 4. The zero-order valence-corrected chi connectivity index (χ0v) is 12.9. The monoisotopic (exact) mass is 332 g/mol. The molecule has 0 radical (unpaired) electrons. The van der Waals surface area contributed by atoms with Gasteiger partial charge in [0.25, 0.3) is 11.6 Å². The number of para-hydroxylation sites is 1. The van der Waals surface area contributed by atoms with Crippen molar-refractivity contribution >= 4 is 28.9 Å². The van der Waals surface area contributed by atoms with Crippen LogP contribution in [-0.4, -0.2) is 10.8 Å². The molecule has 0 saturated carbocycles. The molecule has 25 heavy (non-hydrogen) atoms. The van der Waals surface area contributed by atoms with Crippen LogP contribution in [0, 0.1) is 10.1 Å². The fourth-order valence-electron chi connectivity index (χ4n) is 2.76. The number of non-ortho nitro benzene ring substituents is 1. The molecule has 0 atom stereocenters. The van der Waals surface area contributed by atoms with E-state index in [-0.39, 0.29) is 11.6 Å². The second kappa shape index (κ2) is 5.76. The topological polar surface area (TPSA) is 85.4 Å². The first-order valence-corrected chi connectivity index (χ1v) is 7.59. The molecule has 1 aliphatic rings. The largest absolute Gasteiger partial charge is 0.457 e. The van der Waals surface area contributed by atoms with Gasteiger partial charge in [0.1, 0.15) is 11.5 Å². The second-order valence-corrected chi connectivity index (χ2v) is 5.56. The van der Waals surface area contributed by atoms with E-state index in [4.69, 9.17) is 4.42 Å². The summed E-state index contributed by atoms with van der Waals surface area (Å²) >= 11 is 0. The fourth-order valence-corrected chi connectivity index (χ4v) is 2.76. The summed E-state index contributed by atoms with van der Waals surface area (Å²) in [5, 5.41) is 13.5. The summed E-state index contributed by atoms with van der Waals surface area (Å²) in [4.78, 5) is 22.4. The molecule has 3 aromatic rings. The molecule has 2 aromatic carbocycles. The van der Waals surface area contributed by atoms with Gasteiger partial charge >= 0.3 is 0 Å². The van der Waals surface area contributed by atoms with Crippen molar-refractivity contribution in [3.8, 4) is 11.3 Å². The molecule has 6 nitrogen and oxygen atoms in total. The molecule has 4 rings (SSSR count). The molecule has 1 aromatic heterocycles. The summed E-state index contributed by atoms with van der Waals surface area (Å²) in [6, 6.07) is 17.1. The summed E-state index contributed by atoms with van der Waals surface area (Å²) in [6.45, 7) is 0. The van der Waals surface area contributed by atoms with E-state index >= 15 is 0 Å². The smallest absolute Gasteiger partial charge is 0.269 e. The maximum Gasteiger partial charge on any atom is 0.269 e. The maximum atomic E-state index is 12.1. The van der Waals surface area contributed by atoms with Gasteiger partial charge in [0, 0.05) is 28.9 Å². The van der Waals surface area contributed by atoms with Crippen molar-refractivity contribution in [3.63, 3.8) is 0 Å². The number of fused-ring (bicyclic) bond motifs is 1. The van der Waals surface area contributed by atoms with E-state index in [1.54, 1.807) is 30.3 Å². The third-order valence-electron chi connectivity index (χ3n) is 3.99. The predicted octanol–water partition coefficient (Wildman–Crippen LogP) is 4.35. The maximum absolute atomic E-state index is 12.1. The van der Waals surface area contributed by atoms with E-state index in [2.05, 4.69) is 5.32 Å². The predicted molar refractivity (Wildman–Crippen MR) is 93.7 cm³/mol. The number of nitrogens with one attached hydrogen (secondary N) is 1. The van der Waals surface area contributed by atoms with E-state index < -0.39 is 4.92 Å². The lowest BCUT2D eigenvalue weighted by Gasteiger charge is -1.97. The minimum atomic E-state index is -0.447. The quantitative estimate of drug-likeness (QED) is 0.439. The Morgan fingerprint density at radius 1 is 1.00 bits per heavy atom. The van der Waals surface area contributed by atoms with Crippen LogP contribution in [-0.2, 0) is 4.79 Å². The van der Waals surface area contributed by atoms with E-state index in [9.17, 15) is 14.9 Å². The van der Waals surface area contributed by atoms with Crippen molar-refractivity contribution in [1.82, 2.24) is 0 Å². The van der Waals surface area contributed by atoms with E-state index in [1.165, 1.54) is 12.1 Å². The molecule has 1 amide bonds. The molecule has 2 heterocycles. The molecule has 0 spiro atoms. The standard InChI is InChI=1S/C19H12N2O4/c22-19-16(15-3-1-2-4-17(15)20-19)11-14-9-10-18(25-14)12-5-7-13(8-6-12)21(23)24/h1-11H,(H,20,22). The van der Waals surface area contributed by atoms with Gasteiger partial charge in [-0.1, -0.05) is 18.2 Å². The van der Waals surface area contributed by atoms with Crippen LogP contribution in [0.3, 0.4) is 0 Å². The van der Waals surface area contributed by atoms with Crippen molar-refractivity contribution in [2.24, 2.45) is 0 Å². The van der Waals surface area contributed by atoms with Crippen LogP contribution >= 0.6 is 0 Å². The number of amides is 1. The van der Waals surface area contributed by atoms with Crippen molar-refractivity contribution in [3.05, 3.63) is 82.1 Å². The third-order valence-corrected chi connectivity index (χ3v) is 3.99. The zero-order valence-electron chi connectivity index (χ0n) is 12.9. The minimum Gasteiger partial charge on any atom is -0.457 e. The Balaban J connectivity index is 1.66. The van der Waals surface area contributed by atoms with Crippen LogP contribution in [0.15, 0.2) is 65.1 Å². The number of nitro groups is 1. The number of hydrogen-bond donors (Lipinski definition) is 1. The number of rotatable bonds is 3. The average Bonchev–Trinajstić information content (AvgIpc) is 3.20. The summed E-state index contributed by atoms with van der Waals surface area (Å²) in [6.07, 6.45) is 1.69. The Morgan fingerprint density at radius 3 is 2.52 bits per heavy atom. The van der Waals surface area contributed by atoms with Gasteiger partial charge in [0.15, 0.2) is 0 Å². The zero-order chi connectivity index (χ0) is 17.4. The first-order valence-electron chi connectivity index (χ1n) is 7.59. The van der Waals surface area contributed by atoms with Gasteiger partial charge in [0.05, 0.1) is 10.5 Å². The molecule has 0 aliphatic carbocycles. The van der Waals surface area contributed by atoms with Crippen molar-refractivity contribution in [2.45, 2.75) is 0 Å². The van der Waals surface area contributed by atoms with E-state index in [0.717, 1.165) is 16.8 Å². The summed E-state index contributed by atoms with van der Waals surface area (Å²) in [5.74, 6) is 0.943. The number of carbonyl (C=O) groups is 1. The summed E-state index contributed by atoms with van der Waals surface area (Å²) < 4.78 is 5.77. The molecular formula is C19H12N2O4. The Hall–Kier alpha value is -3.67. The van der Waals surface area contributed by atoms with Crippen LogP contribution in [0.2, 0.25) is 0 Å². The van der Waals surface area contributed by atoms with Crippen LogP contribution in [0.4, 0.5) is 11.4 Å². The normalized spacial score (nSPS) is 14.4. The van der Waals surface area contributed by atoms with Crippen LogP contribution in [0.25, 0.3) is 23.0 Å². The van der Waals surface area contributed by atoms with Gasteiger partial charge in [-0.15, -0.1) is 0 Å². The Kier molecular flexibility index (Phi) is 3.43. The summed E-state index contributed by atoms with van der Waals surface area (Å²) in [7, 11) is 0. The SMILES string of the molecule is O=C1Nc2ccccc2C1=Cc1ccc(-c2ccc([N+](=O)[O-])cc2)o1. The van der Waals surface area contributed by atoms with E-state index in [1.807, 2.05) is 24.3 Å². The third kappa shape index (κ3) is 2.70. The van der Waals surface area contributed by atoms with Gasteiger partial charge < -0.3 is 9.73 Å². The van der Waals surface area contributed by atoms with Crippen molar-refractivity contribution < 1.29 is 14.1 Å². The van der Waals surface area contributed by atoms with Gasteiger partial charge in [0.2, 0.25) is 0 Å². The molecule has 6 heteroatoms. The molecule has 122 valence electrons. The lowest BCUT2D eigenvalue weighted by Crippen LogP contribution is -2.03. The highest BCUT2D eigenvalue weighted by molar-refractivity contribution is 6.34. The molecule has 1 aliphatic heterocycles. The molecule has 0 bridgehead atoms. The van der Waals surface area contributed by atoms with Crippen molar-refractivity contribution in [1.29, 1.82) is 0 Å². The van der Waals surface area contributed by atoms with Crippen LogP contribution in [0.1, 0.15) is 11.3 Å². The molecule has 0 fully saturated rings. The van der Waals surface area contributed by atoms with Gasteiger partial charge in [-0.25, -0.2) is 0 Å². The highest BCUT2D eigenvalue weighted by atomic mass is 16.6. The number of anilines is 1. The minimum absolute atomic E-state index is 0.0249. The molecule has 1 N–H and O–H groups in total.